The SMILES string of the molecule is Nc1ccc(Cc2c(N)cccc2Cl)c(Cl)c1. The van der Waals surface area contributed by atoms with Gasteiger partial charge in [0.2, 0.25) is 0 Å². The average molecular weight is 267 g/mol. The summed E-state index contributed by atoms with van der Waals surface area (Å²) in [6.45, 7) is 0. The van der Waals surface area contributed by atoms with Gasteiger partial charge in [0.25, 0.3) is 0 Å². The Balaban J connectivity index is 2.38. The molecule has 88 valence electrons. The molecule has 17 heavy (non-hydrogen) atoms. The van der Waals surface area contributed by atoms with E-state index in [0.29, 0.717) is 27.8 Å². The van der Waals surface area contributed by atoms with Crippen LogP contribution in [0.25, 0.3) is 0 Å². The second-order valence-electron chi connectivity index (χ2n) is 3.84. The van der Waals surface area contributed by atoms with E-state index in [0.717, 1.165) is 11.1 Å². The van der Waals surface area contributed by atoms with Gasteiger partial charge >= 0.3 is 0 Å². The van der Waals surface area contributed by atoms with Crippen molar-refractivity contribution in [2.45, 2.75) is 6.42 Å². The molecule has 0 aliphatic carbocycles. The maximum Gasteiger partial charge on any atom is 0.0461 e. The Hall–Kier alpha value is -1.38. The van der Waals surface area contributed by atoms with E-state index < -0.39 is 0 Å². The summed E-state index contributed by atoms with van der Waals surface area (Å²) in [5, 5.41) is 1.28. The van der Waals surface area contributed by atoms with Crippen molar-refractivity contribution in [3.63, 3.8) is 0 Å². The molecule has 4 N–H and O–H groups in total. The van der Waals surface area contributed by atoms with E-state index in [-0.39, 0.29) is 0 Å². The lowest BCUT2D eigenvalue weighted by atomic mass is 10.0. The van der Waals surface area contributed by atoms with E-state index in [4.69, 9.17) is 34.7 Å². The average Bonchev–Trinajstić information content (AvgIpc) is 2.26. The number of benzene rings is 2. The number of rotatable bonds is 2. The summed E-state index contributed by atoms with van der Waals surface area (Å²) in [5.41, 5.74) is 14.7. The van der Waals surface area contributed by atoms with Crippen LogP contribution in [0.2, 0.25) is 10.0 Å². The minimum absolute atomic E-state index is 0.602. The Morgan fingerprint density at radius 3 is 2.35 bits per heavy atom. The van der Waals surface area contributed by atoms with Crippen molar-refractivity contribution < 1.29 is 0 Å². The molecule has 0 aliphatic heterocycles. The number of nitrogens with two attached hydrogens (primary N) is 2. The Morgan fingerprint density at radius 2 is 1.71 bits per heavy atom. The molecule has 4 heteroatoms. The van der Waals surface area contributed by atoms with Gasteiger partial charge in [-0.15, -0.1) is 0 Å². The summed E-state index contributed by atoms with van der Waals surface area (Å²) in [7, 11) is 0. The molecule has 0 fully saturated rings. The molecule has 2 aromatic rings. The molecule has 2 aromatic carbocycles. The molecule has 0 atom stereocenters. The van der Waals surface area contributed by atoms with Crippen molar-refractivity contribution in [3.8, 4) is 0 Å². The Kier molecular flexibility index (Phi) is 3.46. The van der Waals surface area contributed by atoms with Crippen LogP contribution in [0.5, 0.6) is 0 Å². The first kappa shape index (κ1) is 12.1. The second kappa shape index (κ2) is 4.86. The van der Waals surface area contributed by atoms with Gasteiger partial charge in [-0.2, -0.15) is 0 Å². The Bertz CT molecular complexity index is 533. The molecule has 0 heterocycles. The normalized spacial score (nSPS) is 10.5. The van der Waals surface area contributed by atoms with Gasteiger partial charge in [-0.25, -0.2) is 0 Å². The van der Waals surface area contributed by atoms with Crippen molar-refractivity contribution in [1.82, 2.24) is 0 Å². The van der Waals surface area contributed by atoms with E-state index in [1.54, 1.807) is 6.07 Å². The fourth-order valence-electron chi connectivity index (χ4n) is 1.66. The molecule has 0 aliphatic rings. The lowest BCUT2D eigenvalue weighted by Crippen LogP contribution is -1.98. The van der Waals surface area contributed by atoms with Gasteiger partial charge in [-0.1, -0.05) is 35.3 Å². The molecule has 0 spiro atoms. The highest BCUT2D eigenvalue weighted by molar-refractivity contribution is 6.32. The van der Waals surface area contributed by atoms with Crippen molar-refractivity contribution in [2.24, 2.45) is 0 Å². The van der Waals surface area contributed by atoms with Crippen LogP contribution in [-0.2, 0) is 6.42 Å². The summed E-state index contributed by atoms with van der Waals surface area (Å²) < 4.78 is 0. The van der Waals surface area contributed by atoms with E-state index in [1.165, 1.54) is 0 Å². The van der Waals surface area contributed by atoms with Crippen LogP contribution in [0.1, 0.15) is 11.1 Å². The van der Waals surface area contributed by atoms with Crippen LogP contribution in [0.4, 0.5) is 11.4 Å². The third-order valence-corrected chi connectivity index (χ3v) is 3.31. The smallest absolute Gasteiger partial charge is 0.0461 e. The van der Waals surface area contributed by atoms with Crippen LogP contribution >= 0.6 is 23.2 Å². The van der Waals surface area contributed by atoms with Crippen molar-refractivity contribution >= 4 is 34.6 Å². The van der Waals surface area contributed by atoms with Gasteiger partial charge in [0.15, 0.2) is 0 Å². The highest BCUT2D eigenvalue weighted by Gasteiger charge is 2.08. The molecule has 2 rings (SSSR count). The zero-order chi connectivity index (χ0) is 12.4. The standard InChI is InChI=1S/C13H12Cl2N2/c14-11-2-1-3-13(17)10(11)6-8-4-5-9(16)7-12(8)15/h1-5,7H,6,16-17H2. The van der Waals surface area contributed by atoms with Gasteiger partial charge in [-0.05, 0) is 35.4 Å². The topological polar surface area (TPSA) is 52.0 Å². The van der Waals surface area contributed by atoms with Crippen molar-refractivity contribution in [2.75, 3.05) is 11.5 Å². The maximum atomic E-state index is 6.12. The van der Waals surface area contributed by atoms with Crippen LogP contribution < -0.4 is 11.5 Å². The number of nitrogen functional groups attached to an aromatic ring is 2. The molecule has 0 saturated heterocycles. The Labute approximate surface area is 110 Å². The summed E-state index contributed by atoms with van der Waals surface area (Å²) in [5.74, 6) is 0. The summed E-state index contributed by atoms with van der Waals surface area (Å²) in [6.07, 6.45) is 0.602. The predicted octanol–water partition coefficient (Wildman–Crippen LogP) is 3.75. The molecule has 0 radical (unpaired) electrons. The van der Waals surface area contributed by atoms with Gasteiger partial charge in [-0.3, -0.25) is 0 Å². The lowest BCUT2D eigenvalue weighted by molar-refractivity contribution is 1.20. The first-order valence-electron chi connectivity index (χ1n) is 5.14. The highest BCUT2D eigenvalue weighted by Crippen LogP contribution is 2.28. The molecule has 0 saturated carbocycles. The van der Waals surface area contributed by atoms with Gasteiger partial charge in [0, 0.05) is 27.8 Å². The minimum atomic E-state index is 0.602. The van der Waals surface area contributed by atoms with E-state index in [9.17, 15) is 0 Å². The van der Waals surface area contributed by atoms with Gasteiger partial charge in [0.1, 0.15) is 0 Å². The highest BCUT2D eigenvalue weighted by atomic mass is 35.5. The number of hydrogen-bond acceptors (Lipinski definition) is 2. The molecular formula is C13H12Cl2N2. The number of hydrogen-bond donors (Lipinski definition) is 2. The quantitative estimate of drug-likeness (QED) is 0.814. The second-order valence-corrected chi connectivity index (χ2v) is 4.65. The Morgan fingerprint density at radius 1 is 0.941 bits per heavy atom. The summed E-state index contributed by atoms with van der Waals surface area (Å²) in [4.78, 5) is 0. The zero-order valence-corrected chi connectivity index (χ0v) is 10.6. The van der Waals surface area contributed by atoms with Crippen molar-refractivity contribution in [1.29, 1.82) is 0 Å². The first-order valence-corrected chi connectivity index (χ1v) is 5.90. The third kappa shape index (κ3) is 2.65. The number of halogens is 2. The molecule has 2 nitrogen and oxygen atoms in total. The maximum absolute atomic E-state index is 6.12. The monoisotopic (exact) mass is 266 g/mol. The fourth-order valence-corrected chi connectivity index (χ4v) is 2.16. The van der Waals surface area contributed by atoms with Crippen LogP contribution in [0, 0.1) is 0 Å². The van der Waals surface area contributed by atoms with Crippen LogP contribution in [-0.4, -0.2) is 0 Å². The fraction of sp³-hybridized carbons (Fsp3) is 0.0769. The van der Waals surface area contributed by atoms with E-state index in [2.05, 4.69) is 0 Å². The molecule has 0 amide bonds. The molecular weight excluding hydrogens is 255 g/mol. The van der Waals surface area contributed by atoms with Crippen LogP contribution in [0.3, 0.4) is 0 Å². The molecule has 0 aromatic heterocycles. The van der Waals surface area contributed by atoms with E-state index >= 15 is 0 Å². The molecule has 0 bridgehead atoms. The predicted molar refractivity (Wildman–Crippen MR) is 74.5 cm³/mol. The third-order valence-electron chi connectivity index (χ3n) is 2.60. The minimum Gasteiger partial charge on any atom is -0.399 e. The largest absolute Gasteiger partial charge is 0.399 e. The number of anilines is 2. The van der Waals surface area contributed by atoms with E-state index in [1.807, 2.05) is 30.3 Å². The molecule has 0 unspecified atom stereocenters. The van der Waals surface area contributed by atoms with Gasteiger partial charge < -0.3 is 11.5 Å². The summed E-state index contributed by atoms with van der Waals surface area (Å²) >= 11 is 12.2. The van der Waals surface area contributed by atoms with Crippen LogP contribution in [0.15, 0.2) is 36.4 Å². The zero-order valence-electron chi connectivity index (χ0n) is 9.08. The van der Waals surface area contributed by atoms with Crippen molar-refractivity contribution in [3.05, 3.63) is 57.6 Å². The lowest BCUT2D eigenvalue weighted by Gasteiger charge is -2.09. The first-order chi connectivity index (χ1) is 8.08. The summed E-state index contributed by atoms with van der Waals surface area (Å²) in [6, 6.07) is 10.9. The van der Waals surface area contributed by atoms with Gasteiger partial charge in [0.05, 0.1) is 0 Å².